The summed E-state index contributed by atoms with van der Waals surface area (Å²) in [5.74, 6) is 1.12. The molecule has 2 heterocycles. The van der Waals surface area contributed by atoms with E-state index in [1.165, 1.54) is 0 Å². The van der Waals surface area contributed by atoms with Crippen LogP contribution in [0, 0.1) is 5.41 Å². The molecular weight excluding hydrogens is 216 g/mol. The third-order valence-electron chi connectivity index (χ3n) is 3.05. The second-order valence-corrected chi connectivity index (χ2v) is 5.78. The van der Waals surface area contributed by atoms with E-state index in [0.29, 0.717) is 13.0 Å². The Bertz CT molecular complexity index is 405. The van der Waals surface area contributed by atoms with Gasteiger partial charge in [0.1, 0.15) is 12.2 Å². The van der Waals surface area contributed by atoms with E-state index in [1.54, 1.807) is 6.33 Å². The molecule has 0 atom stereocenters. The van der Waals surface area contributed by atoms with Crippen molar-refractivity contribution in [3.8, 4) is 0 Å². The van der Waals surface area contributed by atoms with Gasteiger partial charge in [-0.15, -0.1) is 0 Å². The summed E-state index contributed by atoms with van der Waals surface area (Å²) in [7, 11) is 0. The van der Waals surface area contributed by atoms with Crippen molar-refractivity contribution in [3.05, 3.63) is 12.2 Å². The number of hydrogen-bond donors (Lipinski definition) is 0. The first-order chi connectivity index (χ1) is 7.96. The number of nitrogens with zero attached hydrogens (tertiary/aromatic N) is 4. The van der Waals surface area contributed by atoms with Gasteiger partial charge in [0.05, 0.1) is 13.1 Å². The van der Waals surface area contributed by atoms with Crippen molar-refractivity contribution >= 4 is 5.91 Å². The quantitative estimate of drug-likeness (QED) is 0.781. The van der Waals surface area contributed by atoms with Crippen molar-refractivity contribution in [2.45, 2.75) is 46.7 Å². The molecular formula is C12H20N4O. The molecule has 0 radical (unpaired) electrons. The molecule has 17 heavy (non-hydrogen) atoms. The first-order valence-electron chi connectivity index (χ1n) is 6.10. The number of hydrogen-bond acceptors (Lipinski definition) is 3. The summed E-state index contributed by atoms with van der Waals surface area (Å²) in [6.45, 7) is 8.59. The maximum absolute atomic E-state index is 12.0. The molecule has 0 saturated heterocycles. The third kappa shape index (κ3) is 3.05. The molecule has 0 aromatic carbocycles. The third-order valence-corrected chi connectivity index (χ3v) is 3.05. The highest BCUT2D eigenvalue weighted by Crippen LogP contribution is 2.21. The Morgan fingerprint density at radius 3 is 2.88 bits per heavy atom. The average molecular weight is 236 g/mol. The van der Waals surface area contributed by atoms with Crippen LogP contribution in [0.15, 0.2) is 6.33 Å². The zero-order valence-electron chi connectivity index (χ0n) is 10.8. The van der Waals surface area contributed by atoms with E-state index in [0.717, 1.165) is 25.3 Å². The lowest BCUT2D eigenvalue weighted by Gasteiger charge is -2.28. The number of amides is 1. The largest absolute Gasteiger partial charge is 0.333 e. The highest BCUT2D eigenvalue weighted by atomic mass is 16.2. The first-order valence-corrected chi connectivity index (χ1v) is 6.10. The number of aromatic nitrogens is 3. The molecule has 1 aromatic rings. The van der Waals surface area contributed by atoms with Crippen LogP contribution in [0.3, 0.4) is 0 Å². The Morgan fingerprint density at radius 1 is 1.41 bits per heavy atom. The van der Waals surface area contributed by atoms with Crippen LogP contribution in [-0.2, 0) is 17.9 Å². The molecule has 0 bridgehead atoms. The van der Waals surface area contributed by atoms with Gasteiger partial charge < -0.3 is 4.90 Å². The molecule has 1 aliphatic rings. The second kappa shape index (κ2) is 4.47. The fourth-order valence-electron chi connectivity index (χ4n) is 1.92. The standard InChI is InChI=1S/C12H20N4O/c1-12(2,3)5-4-11(17)15-6-7-16-10(8-15)13-9-14-16/h9H,4-8H2,1-3H3. The molecule has 0 saturated carbocycles. The van der Waals surface area contributed by atoms with E-state index in [1.807, 2.05) is 9.58 Å². The summed E-state index contributed by atoms with van der Waals surface area (Å²) in [4.78, 5) is 18.1. The highest BCUT2D eigenvalue weighted by Gasteiger charge is 2.23. The SMILES string of the molecule is CC(C)(C)CCC(=O)N1CCn2ncnc2C1. The van der Waals surface area contributed by atoms with Crippen molar-refractivity contribution in [1.82, 2.24) is 19.7 Å². The Morgan fingerprint density at radius 2 is 2.18 bits per heavy atom. The maximum Gasteiger partial charge on any atom is 0.223 e. The molecule has 1 amide bonds. The van der Waals surface area contributed by atoms with Crippen LogP contribution in [0.2, 0.25) is 0 Å². The normalized spacial score (nSPS) is 15.8. The number of carbonyl (C=O) groups excluding carboxylic acids is 1. The van der Waals surface area contributed by atoms with Gasteiger partial charge in [-0.05, 0) is 11.8 Å². The summed E-state index contributed by atoms with van der Waals surface area (Å²) >= 11 is 0. The zero-order chi connectivity index (χ0) is 12.5. The lowest BCUT2D eigenvalue weighted by Crippen LogP contribution is -2.38. The second-order valence-electron chi connectivity index (χ2n) is 5.78. The van der Waals surface area contributed by atoms with E-state index in [2.05, 4.69) is 30.9 Å². The van der Waals surface area contributed by atoms with Crippen LogP contribution in [0.1, 0.15) is 39.4 Å². The predicted octanol–water partition coefficient (Wildman–Crippen LogP) is 1.45. The maximum atomic E-state index is 12.0. The first kappa shape index (κ1) is 12.1. The summed E-state index contributed by atoms with van der Waals surface area (Å²) in [6, 6.07) is 0. The number of rotatable bonds is 2. The Balaban J connectivity index is 1.90. The Hall–Kier alpha value is -1.39. The van der Waals surface area contributed by atoms with Crippen LogP contribution in [0.25, 0.3) is 0 Å². The van der Waals surface area contributed by atoms with Crippen LogP contribution < -0.4 is 0 Å². The van der Waals surface area contributed by atoms with Gasteiger partial charge in [-0.2, -0.15) is 5.10 Å². The molecule has 0 unspecified atom stereocenters. The molecule has 0 fully saturated rings. The van der Waals surface area contributed by atoms with Crippen LogP contribution in [0.5, 0.6) is 0 Å². The fraction of sp³-hybridized carbons (Fsp3) is 0.750. The molecule has 5 heteroatoms. The van der Waals surface area contributed by atoms with Gasteiger partial charge in [0.2, 0.25) is 5.91 Å². The summed E-state index contributed by atoms with van der Waals surface area (Å²) in [6.07, 6.45) is 3.10. The minimum Gasteiger partial charge on any atom is -0.333 e. The van der Waals surface area contributed by atoms with Crippen molar-refractivity contribution in [2.75, 3.05) is 6.54 Å². The van der Waals surface area contributed by atoms with E-state index in [9.17, 15) is 4.79 Å². The predicted molar refractivity (Wildman–Crippen MR) is 64.1 cm³/mol. The van der Waals surface area contributed by atoms with Gasteiger partial charge in [0.15, 0.2) is 0 Å². The van der Waals surface area contributed by atoms with Crippen molar-refractivity contribution in [2.24, 2.45) is 5.41 Å². The Kier molecular flexibility index (Phi) is 3.17. The molecule has 0 N–H and O–H groups in total. The summed E-state index contributed by atoms with van der Waals surface area (Å²) in [5, 5.41) is 4.10. The monoisotopic (exact) mass is 236 g/mol. The van der Waals surface area contributed by atoms with Crippen LogP contribution in [-0.4, -0.2) is 32.1 Å². The minimum atomic E-state index is 0.214. The van der Waals surface area contributed by atoms with Gasteiger partial charge in [0.25, 0.3) is 0 Å². The number of carbonyl (C=O) groups is 1. The van der Waals surface area contributed by atoms with E-state index in [4.69, 9.17) is 0 Å². The summed E-state index contributed by atoms with van der Waals surface area (Å²) < 4.78 is 1.87. The van der Waals surface area contributed by atoms with Crippen molar-refractivity contribution in [3.63, 3.8) is 0 Å². The average Bonchev–Trinajstić information content (AvgIpc) is 2.71. The molecule has 94 valence electrons. The van der Waals surface area contributed by atoms with Crippen molar-refractivity contribution in [1.29, 1.82) is 0 Å². The smallest absolute Gasteiger partial charge is 0.223 e. The Labute approximate surface area is 102 Å². The fourth-order valence-corrected chi connectivity index (χ4v) is 1.92. The van der Waals surface area contributed by atoms with Crippen LogP contribution in [0.4, 0.5) is 0 Å². The van der Waals surface area contributed by atoms with E-state index in [-0.39, 0.29) is 11.3 Å². The zero-order valence-corrected chi connectivity index (χ0v) is 10.8. The topological polar surface area (TPSA) is 51.0 Å². The molecule has 0 spiro atoms. The van der Waals surface area contributed by atoms with E-state index >= 15 is 0 Å². The summed E-state index contributed by atoms with van der Waals surface area (Å²) in [5.41, 5.74) is 0.214. The van der Waals surface area contributed by atoms with Gasteiger partial charge in [-0.1, -0.05) is 20.8 Å². The molecule has 1 aromatic heterocycles. The molecule has 1 aliphatic heterocycles. The molecule has 0 aliphatic carbocycles. The van der Waals surface area contributed by atoms with Crippen molar-refractivity contribution < 1.29 is 4.79 Å². The molecule has 5 nitrogen and oxygen atoms in total. The lowest BCUT2D eigenvalue weighted by atomic mass is 9.90. The molecule has 2 rings (SSSR count). The van der Waals surface area contributed by atoms with Gasteiger partial charge in [0, 0.05) is 13.0 Å². The van der Waals surface area contributed by atoms with Gasteiger partial charge >= 0.3 is 0 Å². The minimum absolute atomic E-state index is 0.214. The van der Waals surface area contributed by atoms with Crippen LogP contribution >= 0.6 is 0 Å². The van der Waals surface area contributed by atoms with Gasteiger partial charge in [-0.25, -0.2) is 9.67 Å². The van der Waals surface area contributed by atoms with E-state index < -0.39 is 0 Å². The highest BCUT2D eigenvalue weighted by molar-refractivity contribution is 5.76. The lowest BCUT2D eigenvalue weighted by molar-refractivity contribution is -0.133. The van der Waals surface area contributed by atoms with Gasteiger partial charge in [-0.3, -0.25) is 4.79 Å². The number of fused-ring (bicyclic) bond motifs is 1.